The summed E-state index contributed by atoms with van der Waals surface area (Å²) in [7, 11) is 5.20. The lowest BCUT2D eigenvalue weighted by atomic mass is 10.2. The Morgan fingerprint density at radius 2 is 2.14 bits per heavy atom. The Bertz CT molecular complexity index is 341. The van der Waals surface area contributed by atoms with E-state index in [2.05, 4.69) is 22.5 Å². The number of likely N-dealkylation sites (N-methyl/N-ethyl adjacent to an activating group) is 1. The number of methoxy groups -OCH3 is 1. The van der Waals surface area contributed by atoms with Gasteiger partial charge in [-0.2, -0.15) is 0 Å². The third-order valence-corrected chi connectivity index (χ3v) is 3.55. The van der Waals surface area contributed by atoms with Gasteiger partial charge < -0.3 is 20.3 Å². The highest BCUT2D eigenvalue weighted by atomic mass is 16.5. The highest BCUT2D eigenvalue weighted by molar-refractivity contribution is 5.84. The second kappa shape index (κ2) is 9.60. The molecule has 21 heavy (non-hydrogen) atoms. The molecule has 0 aliphatic heterocycles. The third-order valence-electron chi connectivity index (χ3n) is 3.55. The van der Waals surface area contributed by atoms with Crippen LogP contribution in [-0.4, -0.2) is 63.7 Å². The van der Waals surface area contributed by atoms with Gasteiger partial charge >= 0.3 is 0 Å². The van der Waals surface area contributed by atoms with E-state index < -0.39 is 0 Å². The molecule has 0 aromatic rings. The van der Waals surface area contributed by atoms with E-state index in [0.717, 1.165) is 19.4 Å². The highest BCUT2D eigenvalue weighted by Crippen LogP contribution is 2.32. The molecule has 1 fully saturated rings. The summed E-state index contributed by atoms with van der Waals surface area (Å²) >= 11 is 0. The van der Waals surface area contributed by atoms with Crippen molar-refractivity contribution < 1.29 is 9.53 Å². The molecular weight excluding hydrogens is 268 g/mol. The molecule has 0 heterocycles. The number of guanidine groups is 1. The van der Waals surface area contributed by atoms with Crippen molar-refractivity contribution in [3.05, 3.63) is 0 Å². The van der Waals surface area contributed by atoms with Gasteiger partial charge in [-0.05, 0) is 25.2 Å². The maximum Gasteiger partial charge on any atom is 0.243 e. The number of nitrogens with one attached hydrogen (secondary N) is 2. The van der Waals surface area contributed by atoms with Gasteiger partial charge in [-0.3, -0.25) is 4.79 Å². The van der Waals surface area contributed by atoms with Crippen molar-refractivity contribution in [3.63, 3.8) is 0 Å². The van der Waals surface area contributed by atoms with E-state index in [-0.39, 0.29) is 18.5 Å². The molecule has 1 aliphatic carbocycles. The number of rotatable bonds is 9. The molecule has 1 aliphatic rings. The van der Waals surface area contributed by atoms with Gasteiger partial charge in [0.05, 0.1) is 12.6 Å². The Balaban J connectivity index is 2.56. The summed E-state index contributed by atoms with van der Waals surface area (Å²) in [6, 6.07) is 0.275. The minimum Gasteiger partial charge on any atom is -0.383 e. The van der Waals surface area contributed by atoms with Gasteiger partial charge in [0.2, 0.25) is 5.91 Å². The molecule has 1 saturated carbocycles. The molecular formula is C15H30N4O2. The molecule has 0 radical (unpaired) electrons. The fraction of sp³-hybridized carbons (Fsp3) is 0.867. The molecule has 0 aromatic carbocycles. The van der Waals surface area contributed by atoms with Crippen LogP contribution < -0.4 is 10.6 Å². The lowest BCUT2D eigenvalue weighted by molar-refractivity contribution is -0.127. The zero-order chi connectivity index (χ0) is 15.7. The normalized spacial score (nSPS) is 16.5. The Hall–Kier alpha value is -1.30. The van der Waals surface area contributed by atoms with Crippen molar-refractivity contribution in [1.29, 1.82) is 0 Å². The Kier molecular flexibility index (Phi) is 8.12. The summed E-state index contributed by atoms with van der Waals surface area (Å²) in [6.07, 6.45) is 4.68. The molecule has 1 unspecified atom stereocenters. The summed E-state index contributed by atoms with van der Waals surface area (Å²) < 4.78 is 5.28. The summed E-state index contributed by atoms with van der Waals surface area (Å²) in [6.45, 7) is 3.85. The first-order valence-corrected chi connectivity index (χ1v) is 7.82. The van der Waals surface area contributed by atoms with Gasteiger partial charge in [0.25, 0.3) is 0 Å². The first-order chi connectivity index (χ1) is 10.1. The molecule has 1 atom stereocenters. The Morgan fingerprint density at radius 3 is 2.67 bits per heavy atom. The number of aliphatic imine (C=N–C) groups is 1. The summed E-state index contributed by atoms with van der Waals surface area (Å²) in [5.74, 6) is 1.38. The SMILES string of the molecule is CCCCNC(=NCC(=O)N(C)C)NC(COC)C1CC1. The van der Waals surface area contributed by atoms with E-state index in [1.165, 1.54) is 12.8 Å². The average molecular weight is 298 g/mol. The maximum atomic E-state index is 11.7. The van der Waals surface area contributed by atoms with E-state index >= 15 is 0 Å². The minimum atomic E-state index is 0.00121. The first kappa shape index (κ1) is 17.8. The van der Waals surface area contributed by atoms with Crippen LogP contribution in [0, 0.1) is 5.92 Å². The number of unbranched alkanes of at least 4 members (excludes halogenated alkanes) is 1. The molecule has 6 heteroatoms. The predicted molar refractivity (Wildman–Crippen MR) is 85.4 cm³/mol. The van der Waals surface area contributed by atoms with Crippen LogP contribution >= 0.6 is 0 Å². The molecule has 6 nitrogen and oxygen atoms in total. The van der Waals surface area contributed by atoms with Crippen LogP contribution in [0.3, 0.4) is 0 Å². The Labute approximate surface area is 128 Å². The highest BCUT2D eigenvalue weighted by Gasteiger charge is 2.31. The zero-order valence-electron chi connectivity index (χ0n) is 13.8. The van der Waals surface area contributed by atoms with E-state index in [1.807, 2.05) is 0 Å². The van der Waals surface area contributed by atoms with Crippen LogP contribution in [0.4, 0.5) is 0 Å². The monoisotopic (exact) mass is 298 g/mol. The second-order valence-corrected chi connectivity index (χ2v) is 5.78. The van der Waals surface area contributed by atoms with Crippen molar-refractivity contribution >= 4 is 11.9 Å². The molecule has 0 saturated heterocycles. The largest absolute Gasteiger partial charge is 0.383 e. The second-order valence-electron chi connectivity index (χ2n) is 5.78. The summed E-state index contributed by atoms with van der Waals surface area (Å²) in [5, 5.41) is 6.71. The van der Waals surface area contributed by atoms with Gasteiger partial charge in [0.15, 0.2) is 5.96 Å². The quantitative estimate of drug-likeness (QED) is 0.376. The number of hydrogen-bond acceptors (Lipinski definition) is 3. The zero-order valence-corrected chi connectivity index (χ0v) is 13.8. The van der Waals surface area contributed by atoms with Crippen molar-refractivity contribution in [2.75, 3.05) is 40.9 Å². The van der Waals surface area contributed by atoms with E-state index in [0.29, 0.717) is 18.5 Å². The smallest absolute Gasteiger partial charge is 0.243 e. The molecule has 0 aromatic heterocycles. The van der Waals surface area contributed by atoms with Gasteiger partial charge in [0, 0.05) is 27.7 Å². The fourth-order valence-electron chi connectivity index (χ4n) is 1.97. The van der Waals surface area contributed by atoms with Crippen LogP contribution in [-0.2, 0) is 9.53 Å². The van der Waals surface area contributed by atoms with Crippen molar-refractivity contribution in [3.8, 4) is 0 Å². The minimum absolute atomic E-state index is 0.00121. The van der Waals surface area contributed by atoms with E-state index in [4.69, 9.17) is 4.74 Å². The molecule has 122 valence electrons. The van der Waals surface area contributed by atoms with E-state index in [1.54, 1.807) is 26.1 Å². The fourth-order valence-corrected chi connectivity index (χ4v) is 1.97. The van der Waals surface area contributed by atoms with Crippen LogP contribution in [0.25, 0.3) is 0 Å². The number of carbonyl (C=O) groups is 1. The maximum absolute atomic E-state index is 11.7. The lowest BCUT2D eigenvalue weighted by Gasteiger charge is -2.21. The Morgan fingerprint density at radius 1 is 1.43 bits per heavy atom. The number of hydrogen-bond donors (Lipinski definition) is 2. The van der Waals surface area contributed by atoms with Crippen molar-refractivity contribution in [2.45, 2.75) is 38.6 Å². The predicted octanol–water partition coefficient (Wildman–Crippen LogP) is 0.835. The van der Waals surface area contributed by atoms with Crippen molar-refractivity contribution in [2.24, 2.45) is 10.9 Å². The molecule has 1 rings (SSSR count). The topological polar surface area (TPSA) is 66.0 Å². The molecule has 0 spiro atoms. The number of amides is 1. The third kappa shape index (κ3) is 7.32. The average Bonchev–Trinajstić information content (AvgIpc) is 3.28. The number of carbonyl (C=O) groups excluding carboxylic acids is 1. The van der Waals surface area contributed by atoms with Crippen LogP contribution in [0.1, 0.15) is 32.6 Å². The molecule has 2 N–H and O–H groups in total. The van der Waals surface area contributed by atoms with Gasteiger partial charge in [-0.1, -0.05) is 13.3 Å². The van der Waals surface area contributed by atoms with Crippen LogP contribution in [0.15, 0.2) is 4.99 Å². The molecule has 1 amide bonds. The van der Waals surface area contributed by atoms with Crippen LogP contribution in [0.5, 0.6) is 0 Å². The standard InChI is InChI=1S/C15H30N4O2/c1-5-6-9-16-15(17-10-14(20)19(2)3)18-13(11-21-4)12-7-8-12/h12-13H,5-11H2,1-4H3,(H2,16,17,18). The van der Waals surface area contributed by atoms with Gasteiger partial charge in [0.1, 0.15) is 6.54 Å². The number of ether oxygens (including phenoxy) is 1. The summed E-state index contributed by atoms with van der Waals surface area (Å²) in [5.41, 5.74) is 0. The van der Waals surface area contributed by atoms with Gasteiger partial charge in [-0.15, -0.1) is 0 Å². The number of nitrogens with zero attached hydrogens (tertiary/aromatic N) is 2. The van der Waals surface area contributed by atoms with E-state index in [9.17, 15) is 4.79 Å². The summed E-state index contributed by atoms with van der Waals surface area (Å²) in [4.78, 5) is 17.6. The lowest BCUT2D eigenvalue weighted by Crippen LogP contribution is -2.47. The molecule has 0 bridgehead atoms. The van der Waals surface area contributed by atoms with Gasteiger partial charge in [-0.25, -0.2) is 4.99 Å². The van der Waals surface area contributed by atoms with Crippen molar-refractivity contribution in [1.82, 2.24) is 15.5 Å². The first-order valence-electron chi connectivity index (χ1n) is 7.82. The van der Waals surface area contributed by atoms with Crippen LogP contribution in [0.2, 0.25) is 0 Å².